The van der Waals surface area contributed by atoms with Gasteiger partial charge >= 0.3 is 0 Å². The molecule has 3 aliphatic rings. The number of anilines is 1. The molecule has 2 aromatic rings. The van der Waals surface area contributed by atoms with Crippen molar-refractivity contribution in [2.24, 2.45) is 23.7 Å². The Morgan fingerprint density at radius 3 is 2.51 bits per heavy atom. The number of carbonyl (C=O) groups excluding carboxylic acids is 2. The zero-order valence-electron chi connectivity index (χ0n) is 24.9. The summed E-state index contributed by atoms with van der Waals surface area (Å²) in [6.07, 6.45) is 6.70. The average Bonchev–Trinajstić information content (AvgIpc) is 3.80. The first kappa shape index (κ1) is 29.6. The van der Waals surface area contributed by atoms with Gasteiger partial charge in [0.25, 0.3) is 0 Å². The molecule has 2 saturated carbocycles. The van der Waals surface area contributed by atoms with Crippen molar-refractivity contribution >= 4 is 28.5 Å². The van der Waals surface area contributed by atoms with Gasteiger partial charge in [0, 0.05) is 51.6 Å². The molecule has 6 unspecified atom stereocenters. The van der Waals surface area contributed by atoms with E-state index in [9.17, 15) is 9.59 Å². The summed E-state index contributed by atoms with van der Waals surface area (Å²) in [5.41, 5.74) is 1.86. The minimum atomic E-state index is -0.201. The number of nitrogens with zero attached hydrogens (tertiary/aromatic N) is 1. The van der Waals surface area contributed by atoms with Crippen molar-refractivity contribution in [2.45, 2.75) is 77.0 Å². The summed E-state index contributed by atoms with van der Waals surface area (Å²) in [7, 11) is 3.50. The SMILES string of the molecule is CCCC1NC(=O)C(Cc2cc3cc(OCC4CC4)ccc3nc2NCCNC(C)=O)C2CC(OC)C(OC)CC12. The minimum Gasteiger partial charge on any atom is -0.493 e. The van der Waals surface area contributed by atoms with E-state index in [1.807, 2.05) is 12.1 Å². The van der Waals surface area contributed by atoms with Crippen molar-refractivity contribution in [3.63, 3.8) is 0 Å². The van der Waals surface area contributed by atoms with Crippen LogP contribution in [-0.2, 0) is 25.5 Å². The highest BCUT2D eigenvalue weighted by Crippen LogP contribution is 2.44. The van der Waals surface area contributed by atoms with Crippen LogP contribution in [0.2, 0.25) is 0 Å². The second kappa shape index (κ2) is 13.4. The Hall–Kier alpha value is -2.91. The highest BCUT2D eigenvalue weighted by Gasteiger charge is 2.49. The largest absolute Gasteiger partial charge is 0.493 e. The van der Waals surface area contributed by atoms with Crippen LogP contribution in [0.3, 0.4) is 0 Å². The van der Waals surface area contributed by atoms with Crippen molar-refractivity contribution < 1.29 is 23.8 Å². The van der Waals surface area contributed by atoms with E-state index >= 15 is 0 Å². The molecule has 1 saturated heterocycles. The van der Waals surface area contributed by atoms with E-state index in [1.54, 1.807) is 14.2 Å². The Balaban J connectivity index is 1.44. The first-order valence-corrected chi connectivity index (χ1v) is 15.3. The number of methoxy groups -OCH3 is 2. The number of rotatable bonds is 13. The highest BCUT2D eigenvalue weighted by atomic mass is 16.5. The van der Waals surface area contributed by atoms with Crippen LogP contribution in [0.15, 0.2) is 24.3 Å². The molecular formula is C32H46N4O5. The summed E-state index contributed by atoms with van der Waals surface area (Å²) in [5, 5.41) is 10.6. The number of fused-ring (bicyclic) bond motifs is 2. The smallest absolute Gasteiger partial charge is 0.223 e. The van der Waals surface area contributed by atoms with E-state index in [1.165, 1.54) is 19.8 Å². The van der Waals surface area contributed by atoms with Gasteiger partial charge in [0.1, 0.15) is 11.6 Å². The number of carbonyl (C=O) groups is 2. The van der Waals surface area contributed by atoms with E-state index in [-0.39, 0.29) is 41.9 Å². The summed E-state index contributed by atoms with van der Waals surface area (Å²) < 4.78 is 17.8. The number of nitrogens with one attached hydrogen (secondary N) is 3. The van der Waals surface area contributed by atoms with Crippen LogP contribution in [0.4, 0.5) is 5.82 Å². The van der Waals surface area contributed by atoms with Crippen LogP contribution in [0.5, 0.6) is 5.75 Å². The molecule has 2 heterocycles. The number of benzene rings is 1. The lowest BCUT2D eigenvalue weighted by Crippen LogP contribution is -2.59. The zero-order chi connectivity index (χ0) is 28.9. The molecule has 1 aliphatic heterocycles. The molecular weight excluding hydrogens is 520 g/mol. The van der Waals surface area contributed by atoms with E-state index in [0.717, 1.165) is 60.3 Å². The van der Waals surface area contributed by atoms with Crippen molar-refractivity contribution in [3.05, 3.63) is 29.8 Å². The van der Waals surface area contributed by atoms with Crippen molar-refractivity contribution in [2.75, 3.05) is 39.2 Å². The molecule has 9 nitrogen and oxygen atoms in total. The molecule has 3 fully saturated rings. The van der Waals surface area contributed by atoms with Crippen LogP contribution in [-0.4, -0.2) is 69.0 Å². The lowest BCUT2D eigenvalue weighted by Gasteiger charge is -2.49. The quantitative estimate of drug-likeness (QED) is 0.313. The van der Waals surface area contributed by atoms with Crippen LogP contribution < -0.4 is 20.7 Å². The highest BCUT2D eigenvalue weighted by molar-refractivity contribution is 5.85. The number of aromatic nitrogens is 1. The molecule has 41 heavy (non-hydrogen) atoms. The molecule has 2 amide bonds. The second-order valence-electron chi connectivity index (χ2n) is 12.1. The molecule has 3 N–H and O–H groups in total. The molecule has 224 valence electrons. The van der Waals surface area contributed by atoms with E-state index in [4.69, 9.17) is 19.2 Å². The fourth-order valence-electron chi connectivity index (χ4n) is 6.80. The van der Waals surface area contributed by atoms with E-state index in [2.05, 4.69) is 35.0 Å². The lowest BCUT2D eigenvalue weighted by molar-refractivity contribution is -0.144. The molecule has 0 radical (unpaired) electrons. The van der Waals surface area contributed by atoms with Crippen molar-refractivity contribution in [1.29, 1.82) is 0 Å². The zero-order valence-corrected chi connectivity index (χ0v) is 24.9. The summed E-state index contributed by atoms with van der Waals surface area (Å²) in [6.45, 7) is 5.46. The van der Waals surface area contributed by atoms with Crippen LogP contribution in [0.25, 0.3) is 10.9 Å². The Labute approximate surface area is 243 Å². The topological polar surface area (TPSA) is 111 Å². The predicted molar refractivity (Wildman–Crippen MR) is 159 cm³/mol. The number of pyridine rings is 1. The number of amides is 2. The Bertz CT molecular complexity index is 1220. The maximum atomic E-state index is 13.7. The lowest BCUT2D eigenvalue weighted by atomic mass is 9.63. The number of hydrogen-bond acceptors (Lipinski definition) is 7. The molecule has 0 bridgehead atoms. The van der Waals surface area contributed by atoms with Gasteiger partial charge in [0.2, 0.25) is 11.8 Å². The third-order valence-corrected chi connectivity index (χ3v) is 9.16. The molecule has 2 aliphatic carbocycles. The molecule has 1 aromatic heterocycles. The van der Waals surface area contributed by atoms with Crippen molar-refractivity contribution in [3.8, 4) is 5.75 Å². The third kappa shape index (κ3) is 7.12. The fraction of sp³-hybridized carbons (Fsp3) is 0.656. The van der Waals surface area contributed by atoms with Gasteiger partial charge in [-0.2, -0.15) is 0 Å². The van der Waals surface area contributed by atoms with Gasteiger partial charge in [-0.15, -0.1) is 0 Å². The molecule has 5 rings (SSSR count). The molecule has 1 aromatic carbocycles. The second-order valence-corrected chi connectivity index (χ2v) is 12.1. The maximum Gasteiger partial charge on any atom is 0.223 e. The van der Waals surface area contributed by atoms with Gasteiger partial charge in [-0.05, 0) is 86.1 Å². The average molecular weight is 567 g/mol. The molecule has 9 heteroatoms. The van der Waals surface area contributed by atoms with Gasteiger partial charge in [-0.1, -0.05) is 13.3 Å². The van der Waals surface area contributed by atoms with Crippen LogP contribution in [0.1, 0.15) is 57.9 Å². The summed E-state index contributed by atoms with van der Waals surface area (Å²) >= 11 is 0. The normalized spacial score (nSPS) is 27.7. The standard InChI is InChI=1S/C32H46N4O5/c1-5-6-28-25-17-30(40-4)29(39-3)16-24(25)26(32(38)36-28)15-22-13-21-14-23(41-18-20-7-8-20)9-10-27(21)35-31(22)34-12-11-33-19(2)37/h9-10,13-14,20,24-26,28-30H,5-8,11-12,15-18H2,1-4H3,(H,33,37)(H,34,35)(H,36,38). The maximum absolute atomic E-state index is 13.7. The Morgan fingerprint density at radius 1 is 1.07 bits per heavy atom. The van der Waals surface area contributed by atoms with Crippen molar-refractivity contribution in [1.82, 2.24) is 15.6 Å². The van der Waals surface area contributed by atoms with E-state index < -0.39 is 0 Å². The monoisotopic (exact) mass is 566 g/mol. The van der Waals surface area contributed by atoms with Crippen LogP contribution >= 0.6 is 0 Å². The summed E-state index contributed by atoms with van der Waals surface area (Å²) in [5.74, 6) is 2.64. The predicted octanol–water partition coefficient (Wildman–Crippen LogP) is 4.09. The van der Waals surface area contributed by atoms with E-state index in [0.29, 0.717) is 31.3 Å². The van der Waals surface area contributed by atoms with Gasteiger partial charge in [0.15, 0.2) is 0 Å². The van der Waals surface area contributed by atoms with Crippen LogP contribution in [0, 0.1) is 23.7 Å². The molecule has 0 spiro atoms. The van der Waals surface area contributed by atoms with Gasteiger partial charge in [-0.25, -0.2) is 4.98 Å². The number of hydrogen-bond donors (Lipinski definition) is 3. The Kier molecular flexibility index (Phi) is 9.65. The fourth-order valence-corrected chi connectivity index (χ4v) is 6.80. The van der Waals surface area contributed by atoms with Gasteiger partial charge in [-0.3, -0.25) is 9.59 Å². The summed E-state index contributed by atoms with van der Waals surface area (Å²) in [6, 6.07) is 8.34. The summed E-state index contributed by atoms with van der Waals surface area (Å²) in [4.78, 5) is 30.1. The molecule has 6 atom stereocenters. The minimum absolute atomic E-state index is 0.0265. The first-order valence-electron chi connectivity index (χ1n) is 15.3. The first-order chi connectivity index (χ1) is 19.9. The number of piperidine rings is 1. The Morgan fingerprint density at radius 2 is 1.83 bits per heavy atom. The van der Waals surface area contributed by atoms with Gasteiger partial charge < -0.3 is 30.2 Å². The number of ether oxygens (including phenoxy) is 3. The van der Waals surface area contributed by atoms with Gasteiger partial charge in [0.05, 0.1) is 24.3 Å². The third-order valence-electron chi connectivity index (χ3n) is 9.16.